The minimum Gasteiger partial charge on any atom is -0.493 e. The largest absolute Gasteiger partial charge is 0.493 e. The minimum atomic E-state index is -0.339. The average Bonchev–Trinajstić information content (AvgIpc) is 2.73. The van der Waals surface area contributed by atoms with Crippen molar-refractivity contribution in [1.82, 2.24) is 9.88 Å². The number of benzene rings is 2. The number of pyridine rings is 1. The maximum atomic E-state index is 13.1. The Bertz CT molecular complexity index is 1120. The Balaban J connectivity index is 2.07. The molecule has 1 heterocycles. The zero-order chi connectivity index (χ0) is 21.8. The highest BCUT2D eigenvalue weighted by Gasteiger charge is 2.18. The lowest BCUT2D eigenvalue weighted by Gasteiger charge is -2.16. The predicted molar refractivity (Wildman–Crippen MR) is 114 cm³/mol. The maximum absolute atomic E-state index is 13.1. The Labute approximate surface area is 174 Å². The van der Waals surface area contributed by atoms with Gasteiger partial charge in [0.1, 0.15) is 5.82 Å². The van der Waals surface area contributed by atoms with Crippen LogP contribution in [0.25, 0.3) is 10.8 Å². The highest BCUT2D eigenvalue weighted by molar-refractivity contribution is 6.07. The third-order valence-corrected chi connectivity index (χ3v) is 4.76. The first kappa shape index (κ1) is 21.4. The van der Waals surface area contributed by atoms with Gasteiger partial charge in [0.05, 0.1) is 25.2 Å². The highest BCUT2D eigenvalue weighted by Crippen LogP contribution is 2.32. The molecule has 3 aromatic rings. The zero-order valence-corrected chi connectivity index (χ0v) is 17.5. The molecule has 7 heteroatoms. The number of amides is 1. The van der Waals surface area contributed by atoms with Crippen LogP contribution >= 0.6 is 0 Å². The van der Waals surface area contributed by atoms with Crippen molar-refractivity contribution in [3.63, 3.8) is 0 Å². The second-order valence-corrected chi connectivity index (χ2v) is 7.46. The van der Waals surface area contributed by atoms with Crippen molar-refractivity contribution < 1.29 is 18.7 Å². The summed E-state index contributed by atoms with van der Waals surface area (Å²) in [7, 11) is 2.99. The van der Waals surface area contributed by atoms with Gasteiger partial charge in [0.15, 0.2) is 11.5 Å². The lowest BCUT2D eigenvalue weighted by molar-refractivity contribution is 0.0951. The molecular weight excluding hydrogens is 387 g/mol. The molecule has 30 heavy (non-hydrogen) atoms. The molecule has 2 aromatic carbocycles. The summed E-state index contributed by atoms with van der Waals surface area (Å²) >= 11 is 0. The number of carbonyl (C=O) groups is 1. The molecule has 0 atom stereocenters. The third-order valence-electron chi connectivity index (χ3n) is 4.76. The second-order valence-electron chi connectivity index (χ2n) is 7.46. The molecule has 1 aromatic heterocycles. The number of nitrogens with zero attached hydrogens (tertiary/aromatic N) is 1. The van der Waals surface area contributed by atoms with E-state index in [1.165, 1.54) is 26.4 Å². The van der Waals surface area contributed by atoms with E-state index in [2.05, 4.69) is 5.32 Å². The molecule has 158 valence electrons. The molecule has 0 aliphatic heterocycles. The summed E-state index contributed by atoms with van der Waals surface area (Å²) in [6, 6.07) is 9.16. The first-order chi connectivity index (χ1) is 14.3. The van der Waals surface area contributed by atoms with Gasteiger partial charge in [-0.25, -0.2) is 4.39 Å². The van der Waals surface area contributed by atoms with E-state index in [-0.39, 0.29) is 29.7 Å². The van der Waals surface area contributed by atoms with E-state index in [9.17, 15) is 14.0 Å². The van der Waals surface area contributed by atoms with Crippen molar-refractivity contribution >= 4 is 16.7 Å². The molecule has 0 spiro atoms. The van der Waals surface area contributed by atoms with Crippen molar-refractivity contribution in [1.29, 1.82) is 0 Å². The number of halogens is 1. The van der Waals surface area contributed by atoms with Gasteiger partial charge in [-0.15, -0.1) is 0 Å². The van der Waals surface area contributed by atoms with Crippen LogP contribution in [0.15, 0.2) is 47.4 Å². The van der Waals surface area contributed by atoms with Crippen molar-refractivity contribution in [2.75, 3.05) is 14.2 Å². The normalized spacial score (nSPS) is 11.0. The van der Waals surface area contributed by atoms with Gasteiger partial charge in [-0.3, -0.25) is 9.59 Å². The number of nitrogens with one attached hydrogen (secondary N) is 1. The molecule has 0 bridgehead atoms. The summed E-state index contributed by atoms with van der Waals surface area (Å²) in [5, 5.41) is 3.70. The van der Waals surface area contributed by atoms with Crippen LogP contribution in [0.4, 0.5) is 4.39 Å². The number of hydrogen-bond donors (Lipinski definition) is 1. The Morgan fingerprint density at radius 3 is 2.23 bits per heavy atom. The van der Waals surface area contributed by atoms with Gasteiger partial charge in [0.2, 0.25) is 0 Å². The quantitative estimate of drug-likeness (QED) is 0.642. The molecule has 0 saturated heterocycles. The van der Waals surface area contributed by atoms with E-state index in [0.717, 1.165) is 5.56 Å². The lowest BCUT2D eigenvalue weighted by atomic mass is 10.0. The fraction of sp³-hybridized carbons (Fsp3) is 0.304. The Morgan fingerprint density at radius 1 is 1.07 bits per heavy atom. The molecule has 6 nitrogen and oxygen atoms in total. The number of fused-ring (bicyclic) bond motifs is 1. The van der Waals surface area contributed by atoms with Gasteiger partial charge in [-0.1, -0.05) is 26.0 Å². The molecule has 0 saturated carbocycles. The van der Waals surface area contributed by atoms with Gasteiger partial charge >= 0.3 is 0 Å². The van der Waals surface area contributed by atoms with E-state index >= 15 is 0 Å². The van der Waals surface area contributed by atoms with Crippen LogP contribution in [0.2, 0.25) is 0 Å². The Kier molecular flexibility index (Phi) is 6.40. The minimum absolute atomic E-state index is 0.199. The van der Waals surface area contributed by atoms with Gasteiger partial charge in [0.25, 0.3) is 11.5 Å². The standard InChI is InChI=1S/C23H25FN2O4/c1-14(2)12-26-13-19(22(27)25-11-15-5-7-16(24)8-6-15)17-9-20(29-3)21(30-4)10-18(17)23(26)28/h5-10,13-14H,11-12H2,1-4H3,(H,25,27). The number of ether oxygens (including phenoxy) is 2. The number of aromatic nitrogens is 1. The molecule has 1 amide bonds. The fourth-order valence-electron chi connectivity index (χ4n) is 3.31. The first-order valence-electron chi connectivity index (χ1n) is 9.65. The Hall–Kier alpha value is -3.35. The molecular formula is C23H25FN2O4. The number of carbonyl (C=O) groups excluding carboxylic acids is 1. The zero-order valence-electron chi connectivity index (χ0n) is 17.5. The molecule has 0 fully saturated rings. The highest BCUT2D eigenvalue weighted by atomic mass is 19.1. The maximum Gasteiger partial charge on any atom is 0.258 e. The van der Waals surface area contributed by atoms with Crippen LogP contribution in [0.1, 0.15) is 29.8 Å². The average molecular weight is 412 g/mol. The van der Waals surface area contributed by atoms with Crippen LogP contribution < -0.4 is 20.3 Å². The van der Waals surface area contributed by atoms with Crippen LogP contribution in [-0.4, -0.2) is 24.7 Å². The summed E-state index contributed by atoms with van der Waals surface area (Å²) in [5.41, 5.74) is 0.923. The Morgan fingerprint density at radius 2 is 1.67 bits per heavy atom. The van der Waals surface area contributed by atoms with Crippen molar-refractivity contribution in [3.8, 4) is 11.5 Å². The van der Waals surface area contributed by atoms with E-state index < -0.39 is 0 Å². The molecule has 0 aliphatic rings. The molecule has 0 radical (unpaired) electrons. The van der Waals surface area contributed by atoms with Gasteiger partial charge in [-0.2, -0.15) is 0 Å². The van der Waals surface area contributed by atoms with Crippen molar-refractivity contribution in [2.45, 2.75) is 26.9 Å². The summed E-state index contributed by atoms with van der Waals surface area (Å²) in [6.07, 6.45) is 1.58. The van der Waals surface area contributed by atoms with Crippen molar-refractivity contribution in [3.05, 3.63) is 69.9 Å². The summed E-state index contributed by atoms with van der Waals surface area (Å²) in [5.74, 6) is 0.392. The fourth-order valence-corrected chi connectivity index (χ4v) is 3.31. The second kappa shape index (κ2) is 8.98. The van der Waals surface area contributed by atoms with E-state index in [1.54, 1.807) is 35.0 Å². The molecule has 0 aliphatic carbocycles. The van der Waals surface area contributed by atoms with E-state index in [1.807, 2.05) is 13.8 Å². The topological polar surface area (TPSA) is 69.6 Å². The van der Waals surface area contributed by atoms with Gasteiger partial charge < -0.3 is 19.4 Å². The van der Waals surface area contributed by atoms with Crippen LogP contribution in [0.5, 0.6) is 11.5 Å². The molecule has 1 N–H and O–H groups in total. The van der Waals surface area contributed by atoms with Crippen molar-refractivity contribution in [2.24, 2.45) is 5.92 Å². The SMILES string of the molecule is COc1cc2c(C(=O)NCc3ccc(F)cc3)cn(CC(C)C)c(=O)c2cc1OC. The summed E-state index contributed by atoms with van der Waals surface area (Å²) < 4.78 is 25.3. The van der Waals surface area contributed by atoms with E-state index in [0.29, 0.717) is 34.4 Å². The summed E-state index contributed by atoms with van der Waals surface area (Å²) in [4.78, 5) is 26.0. The van der Waals surface area contributed by atoms with Crippen LogP contribution in [-0.2, 0) is 13.1 Å². The van der Waals surface area contributed by atoms with Gasteiger partial charge in [0, 0.05) is 24.7 Å². The molecule has 0 unspecified atom stereocenters. The van der Waals surface area contributed by atoms with Gasteiger partial charge in [-0.05, 0) is 35.7 Å². The number of methoxy groups -OCH3 is 2. The number of rotatable bonds is 7. The summed E-state index contributed by atoms with van der Waals surface area (Å²) in [6.45, 7) is 4.71. The predicted octanol–water partition coefficient (Wildman–Crippen LogP) is 3.74. The van der Waals surface area contributed by atoms with Crippen LogP contribution in [0.3, 0.4) is 0 Å². The first-order valence-corrected chi connectivity index (χ1v) is 9.65. The van der Waals surface area contributed by atoms with E-state index in [4.69, 9.17) is 9.47 Å². The monoisotopic (exact) mass is 412 g/mol. The smallest absolute Gasteiger partial charge is 0.258 e. The number of hydrogen-bond acceptors (Lipinski definition) is 4. The third kappa shape index (κ3) is 4.45. The van der Waals surface area contributed by atoms with Crippen LogP contribution in [0, 0.1) is 11.7 Å². The molecule has 3 rings (SSSR count). The lowest BCUT2D eigenvalue weighted by Crippen LogP contribution is -2.28.